The molecule has 2 aliphatic rings. The molecule has 1 aliphatic carbocycles. The number of halogens is 2. The summed E-state index contributed by atoms with van der Waals surface area (Å²) in [5, 5.41) is 4.61. The summed E-state index contributed by atoms with van der Waals surface area (Å²) < 4.78 is 10.4. The minimum Gasteiger partial charge on any atom is -0.375 e. The average molecular weight is 425 g/mol. The van der Waals surface area contributed by atoms with Crippen LogP contribution in [0.2, 0.25) is 0 Å². The molecule has 1 spiro atoms. The van der Waals surface area contributed by atoms with Crippen molar-refractivity contribution >= 4 is 38.5 Å². The van der Waals surface area contributed by atoms with Gasteiger partial charge in [-0.25, -0.2) is 0 Å². The molecule has 5 heteroatoms. The largest absolute Gasteiger partial charge is 0.375 e. The van der Waals surface area contributed by atoms with Gasteiger partial charge in [-0.2, -0.15) is 5.10 Å². The number of hydrogen-bond donors (Lipinski definition) is 0. The van der Waals surface area contributed by atoms with Crippen LogP contribution in [0.25, 0.3) is 0 Å². The molecule has 1 aromatic rings. The Labute approximate surface area is 130 Å². The fourth-order valence-electron chi connectivity index (χ4n) is 3.31. The van der Waals surface area contributed by atoms with Gasteiger partial charge in [0.05, 0.1) is 16.1 Å². The summed E-state index contributed by atoms with van der Waals surface area (Å²) in [5.41, 5.74) is 0.158. The molecule has 3 nitrogen and oxygen atoms in total. The van der Waals surface area contributed by atoms with Crippen molar-refractivity contribution in [1.82, 2.24) is 9.78 Å². The van der Waals surface area contributed by atoms with Crippen LogP contribution in [-0.4, -0.2) is 22.0 Å². The Morgan fingerprint density at radius 3 is 2.83 bits per heavy atom. The van der Waals surface area contributed by atoms with E-state index in [1.807, 2.05) is 0 Å². The maximum atomic E-state index is 6.14. The average Bonchev–Trinajstić information content (AvgIpc) is 2.71. The van der Waals surface area contributed by atoms with Gasteiger partial charge in [0.1, 0.15) is 3.70 Å². The van der Waals surface area contributed by atoms with Gasteiger partial charge in [0.15, 0.2) is 0 Å². The van der Waals surface area contributed by atoms with Crippen LogP contribution < -0.4 is 0 Å². The molecule has 100 valence electrons. The first-order valence-corrected chi connectivity index (χ1v) is 8.60. The lowest BCUT2D eigenvalue weighted by Crippen LogP contribution is -2.42. The number of nitrogens with zero attached hydrogens (tertiary/aromatic N) is 2. The SMILES string of the molecule is Brc1cn(C2CCOC3(CCCCC3)C2)nc1I. The standard InChI is InChI=1S/C13H18BrIN2O/c14-11-9-17(16-12(11)15)10-4-7-18-13(8-10)5-2-1-3-6-13/h9-10H,1-8H2. The number of hydrogen-bond acceptors (Lipinski definition) is 2. The van der Waals surface area contributed by atoms with Gasteiger partial charge in [0, 0.05) is 12.8 Å². The lowest BCUT2D eigenvalue weighted by molar-refractivity contribution is -0.115. The molecule has 3 rings (SSSR count). The predicted molar refractivity (Wildman–Crippen MR) is 82.7 cm³/mol. The zero-order valence-corrected chi connectivity index (χ0v) is 14.1. The Morgan fingerprint density at radius 1 is 1.39 bits per heavy atom. The fraction of sp³-hybridized carbons (Fsp3) is 0.769. The third-order valence-corrected chi connectivity index (χ3v) is 6.37. The van der Waals surface area contributed by atoms with Crippen LogP contribution in [0.15, 0.2) is 10.7 Å². The topological polar surface area (TPSA) is 27.1 Å². The second-order valence-electron chi connectivity index (χ2n) is 5.49. The van der Waals surface area contributed by atoms with Crippen LogP contribution in [0.3, 0.4) is 0 Å². The van der Waals surface area contributed by atoms with Gasteiger partial charge >= 0.3 is 0 Å². The number of aromatic nitrogens is 2. The molecule has 0 bridgehead atoms. The normalized spacial score (nSPS) is 27.6. The Morgan fingerprint density at radius 2 is 2.17 bits per heavy atom. The fourth-order valence-corrected chi connectivity index (χ4v) is 3.98. The van der Waals surface area contributed by atoms with Crippen LogP contribution in [0.5, 0.6) is 0 Å². The van der Waals surface area contributed by atoms with Crippen molar-refractivity contribution in [2.75, 3.05) is 6.61 Å². The summed E-state index contributed by atoms with van der Waals surface area (Å²) in [7, 11) is 0. The Bertz CT molecular complexity index is 404. The van der Waals surface area contributed by atoms with Crippen molar-refractivity contribution in [2.24, 2.45) is 0 Å². The monoisotopic (exact) mass is 424 g/mol. The first kappa shape index (κ1) is 13.4. The zero-order valence-electron chi connectivity index (χ0n) is 10.4. The van der Waals surface area contributed by atoms with E-state index in [2.05, 4.69) is 54.5 Å². The van der Waals surface area contributed by atoms with E-state index < -0.39 is 0 Å². The van der Waals surface area contributed by atoms with E-state index in [-0.39, 0.29) is 5.60 Å². The van der Waals surface area contributed by atoms with Crippen molar-refractivity contribution in [3.05, 3.63) is 14.4 Å². The molecule has 1 atom stereocenters. The lowest BCUT2D eigenvalue weighted by Gasteiger charge is -2.43. The summed E-state index contributed by atoms with van der Waals surface area (Å²) in [6.45, 7) is 0.888. The molecule has 0 aromatic carbocycles. The van der Waals surface area contributed by atoms with Gasteiger partial charge in [0.25, 0.3) is 0 Å². The lowest BCUT2D eigenvalue weighted by atomic mass is 9.78. The molecule has 1 aromatic heterocycles. The summed E-state index contributed by atoms with van der Waals surface area (Å²) >= 11 is 5.83. The minimum atomic E-state index is 0.158. The van der Waals surface area contributed by atoms with Crippen molar-refractivity contribution in [3.63, 3.8) is 0 Å². The highest BCUT2D eigenvalue weighted by Crippen LogP contribution is 2.42. The molecule has 0 amide bonds. The molecule has 18 heavy (non-hydrogen) atoms. The summed E-state index contributed by atoms with van der Waals surface area (Å²) in [6, 6.07) is 0.511. The minimum absolute atomic E-state index is 0.158. The molecular formula is C13H18BrIN2O. The highest BCUT2D eigenvalue weighted by molar-refractivity contribution is 14.1. The molecular weight excluding hydrogens is 407 g/mol. The van der Waals surface area contributed by atoms with Gasteiger partial charge in [0.2, 0.25) is 0 Å². The van der Waals surface area contributed by atoms with Gasteiger partial charge in [-0.05, 0) is 64.2 Å². The third-order valence-electron chi connectivity index (χ3n) is 4.25. The molecule has 2 heterocycles. The van der Waals surface area contributed by atoms with E-state index >= 15 is 0 Å². The van der Waals surface area contributed by atoms with Crippen molar-refractivity contribution in [3.8, 4) is 0 Å². The summed E-state index contributed by atoms with van der Waals surface area (Å²) in [4.78, 5) is 0. The molecule has 1 aliphatic heterocycles. The van der Waals surface area contributed by atoms with E-state index in [9.17, 15) is 0 Å². The van der Waals surface area contributed by atoms with Gasteiger partial charge < -0.3 is 4.74 Å². The Hall–Kier alpha value is 0.380. The molecule has 1 saturated heterocycles. The maximum Gasteiger partial charge on any atom is 0.137 e. The number of ether oxygens (including phenoxy) is 1. The van der Waals surface area contributed by atoms with Crippen LogP contribution in [-0.2, 0) is 4.74 Å². The molecule has 1 unspecified atom stereocenters. The highest BCUT2D eigenvalue weighted by atomic mass is 127. The predicted octanol–water partition coefficient (Wildman–Crippen LogP) is 4.30. The Balaban J connectivity index is 1.77. The molecule has 2 fully saturated rings. The third kappa shape index (κ3) is 2.63. The van der Waals surface area contributed by atoms with E-state index in [0.29, 0.717) is 6.04 Å². The van der Waals surface area contributed by atoms with E-state index in [1.165, 1.54) is 32.1 Å². The van der Waals surface area contributed by atoms with Crippen LogP contribution >= 0.6 is 38.5 Å². The van der Waals surface area contributed by atoms with Gasteiger partial charge in [-0.15, -0.1) is 0 Å². The number of rotatable bonds is 1. The van der Waals surface area contributed by atoms with Crippen molar-refractivity contribution in [2.45, 2.75) is 56.6 Å². The second kappa shape index (κ2) is 5.40. The second-order valence-corrected chi connectivity index (χ2v) is 7.36. The van der Waals surface area contributed by atoms with Crippen LogP contribution in [0.4, 0.5) is 0 Å². The van der Waals surface area contributed by atoms with E-state index in [0.717, 1.165) is 27.6 Å². The van der Waals surface area contributed by atoms with Crippen molar-refractivity contribution < 1.29 is 4.74 Å². The first-order valence-electron chi connectivity index (χ1n) is 6.73. The van der Waals surface area contributed by atoms with Gasteiger partial charge in [-0.1, -0.05) is 19.3 Å². The smallest absolute Gasteiger partial charge is 0.137 e. The van der Waals surface area contributed by atoms with E-state index in [4.69, 9.17) is 4.74 Å². The first-order chi connectivity index (χ1) is 8.69. The van der Waals surface area contributed by atoms with Crippen LogP contribution in [0.1, 0.15) is 51.0 Å². The van der Waals surface area contributed by atoms with E-state index in [1.54, 1.807) is 0 Å². The summed E-state index contributed by atoms with van der Waals surface area (Å²) in [6.07, 6.45) is 10.9. The van der Waals surface area contributed by atoms with Gasteiger partial charge in [-0.3, -0.25) is 4.68 Å². The quantitative estimate of drug-likeness (QED) is 0.628. The Kier molecular flexibility index (Phi) is 4.01. The molecule has 0 radical (unpaired) electrons. The maximum absolute atomic E-state index is 6.14. The zero-order chi connectivity index (χ0) is 12.6. The highest BCUT2D eigenvalue weighted by Gasteiger charge is 2.39. The van der Waals surface area contributed by atoms with Crippen LogP contribution in [0, 0.1) is 3.70 Å². The van der Waals surface area contributed by atoms with Crippen molar-refractivity contribution in [1.29, 1.82) is 0 Å². The summed E-state index contributed by atoms with van der Waals surface area (Å²) in [5.74, 6) is 0. The molecule has 0 N–H and O–H groups in total. The molecule has 1 saturated carbocycles.